The van der Waals surface area contributed by atoms with Gasteiger partial charge in [-0.15, -0.1) is 0 Å². The summed E-state index contributed by atoms with van der Waals surface area (Å²) in [5.41, 5.74) is 2.18. The Morgan fingerprint density at radius 1 is 1.37 bits per heavy atom. The van der Waals surface area contributed by atoms with E-state index in [1.54, 1.807) is 0 Å². The monoisotopic (exact) mass is 263 g/mol. The summed E-state index contributed by atoms with van der Waals surface area (Å²) in [7, 11) is 0. The van der Waals surface area contributed by atoms with Gasteiger partial charge in [0.15, 0.2) is 0 Å². The molecule has 0 aliphatic rings. The summed E-state index contributed by atoms with van der Waals surface area (Å²) < 4.78 is 5.74. The van der Waals surface area contributed by atoms with Crippen LogP contribution in [0.5, 0.6) is 5.75 Å². The average Bonchev–Trinajstić information content (AvgIpc) is 2.74. The fourth-order valence-corrected chi connectivity index (χ4v) is 2.08. The van der Waals surface area contributed by atoms with Crippen LogP contribution < -0.4 is 10.1 Å². The first-order valence-electron chi connectivity index (χ1n) is 6.79. The van der Waals surface area contributed by atoms with Gasteiger partial charge < -0.3 is 20.1 Å². The van der Waals surface area contributed by atoms with Gasteiger partial charge in [-0.1, -0.05) is 6.07 Å². The van der Waals surface area contributed by atoms with E-state index >= 15 is 0 Å². The van der Waals surface area contributed by atoms with Crippen molar-refractivity contribution in [2.24, 2.45) is 0 Å². The molecule has 0 radical (unpaired) electrons. The van der Waals surface area contributed by atoms with Gasteiger partial charge in [0.25, 0.3) is 0 Å². The largest absolute Gasteiger partial charge is 0.490 e. The molecule has 0 aliphatic carbocycles. The quantitative estimate of drug-likeness (QED) is 0.733. The smallest absolute Gasteiger partial charge is 0.137 e. The Hall–Kier alpha value is -1.52. The van der Waals surface area contributed by atoms with Crippen molar-refractivity contribution < 1.29 is 15.2 Å². The summed E-state index contributed by atoms with van der Waals surface area (Å²) >= 11 is 0. The molecule has 0 saturated heterocycles. The van der Waals surface area contributed by atoms with E-state index in [1.165, 1.54) is 0 Å². The standard InChI is InChI=1S/C15H22N2O2/c1-10(2)16-8-12(18)9-19-15-6-4-5-14-13(15)7-11(3)17-14/h4-7,10,12,16-18H,8-9H2,1-3H3/p+1/t12-/m1/s1. The Balaban J connectivity index is 1.97. The van der Waals surface area contributed by atoms with E-state index < -0.39 is 6.10 Å². The van der Waals surface area contributed by atoms with Gasteiger partial charge in [-0.05, 0) is 39.0 Å². The minimum Gasteiger partial charge on any atom is -0.490 e. The molecule has 1 aromatic heterocycles. The topological polar surface area (TPSA) is 61.9 Å². The molecule has 0 fully saturated rings. The van der Waals surface area contributed by atoms with Crippen LogP contribution in [0.15, 0.2) is 24.3 Å². The number of ether oxygens (including phenoxy) is 1. The lowest BCUT2D eigenvalue weighted by molar-refractivity contribution is -0.688. The molecule has 4 N–H and O–H groups in total. The Morgan fingerprint density at radius 2 is 2.16 bits per heavy atom. The van der Waals surface area contributed by atoms with Crippen molar-refractivity contribution in [3.8, 4) is 5.75 Å². The fraction of sp³-hybridized carbons (Fsp3) is 0.467. The number of benzene rings is 1. The third-order valence-corrected chi connectivity index (χ3v) is 3.07. The van der Waals surface area contributed by atoms with Crippen LogP contribution in [-0.4, -0.2) is 35.4 Å². The van der Waals surface area contributed by atoms with Gasteiger partial charge in [0, 0.05) is 16.6 Å². The van der Waals surface area contributed by atoms with Gasteiger partial charge in [0.2, 0.25) is 0 Å². The van der Waals surface area contributed by atoms with E-state index in [-0.39, 0.29) is 0 Å². The minimum absolute atomic E-state index is 0.326. The molecule has 1 heterocycles. The fourth-order valence-electron chi connectivity index (χ4n) is 2.08. The molecule has 1 aromatic carbocycles. The number of rotatable bonds is 6. The van der Waals surface area contributed by atoms with Crippen molar-refractivity contribution in [1.29, 1.82) is 0 Å². The van der Waals surface area contributed by atoms with Crippen molar-refractivity contribution in [3.05, 3.63) is 30.0 Å². The van der Waals surface area contributed by atoms with Crippen molar-refractivity contribution in [2.45, 2.75) is 32.9 Å². The predicted octanol–water partition coefficient (Wildman–Crippen LogP) is 1.19. The number of quaternary nitrogens is 1. The first kappa shape index (κ1) is 13.9. The zero-order valence-corrected chi connectivity index (χ0v) is 11.8. The van der Waals surface area contributed by atoms with Crippen molar-refractivity contribution >= 4 is 10.9 Å². The van der Waals surface area contributed by atoms with Gasteiger partial charge in [0.05, 0.1) is 6.04 Å². The van der Waals surface area contributed by atoms with Crippen molar-refractivity contribution in [1.82, 2.24) is 4.98 Å². The number of aromatic amines is 1. The predicted molar refractivity (Wildman–Crippen MR) is 76.5 cm³/mol. The molecule has 4 nitrogen and oxygen atoms in total. The number of fused-ring (bicyclic) bond motifs is 1. The highest BCUT2D eigenvalue weighted by Crippen LogP contribution is 2.26. The molecule has 0 saturated carbocycles. The molecule has 0 amide bonds. The third-order valence-electron chi connectivity index (χ3n) is 3.07. The van der Waals surface area contributed by atoms with Crippen LogP contribution in [-0.2, 0) is 0 Å². The summed E-state index contributed by atoms with van der Waals surface area (Å²) in [6.07, 6.45) is -0.447. The van der Waals surface area contributed by atoms with E-state index in [0.29, 0.717) is 19.2 Å². The highest BCUT2D eigenvalue weighted by molar-refractivity contribution is 5.86. The zero-order valence-electron chi connectivity index (χ0n) is 11.8. The Bertz CT molecular complexity index is 534. The summed E-state index contributed by atoms with van der Waals surface area (Å²) in [5.74, 6) is 0.824. The number of aliphatic hydroxyl groups is 1. The SMILES string of the molecule is Cc1cc2c(OC[C@H](O)C[NH2+]C(C)C)cccc2[nH]1. The maximum Gasteiger partial charge on any atom is 0.137 e. The maximum absolute atomic E-state index is 9.87. The molecule has 19 heavy (non-hydrogen) atoms. The summed E-state index contributed by atoms with van der Waals surface area (Å²) in [5, 5.41) is 13.0. The van der Waals surface area contributed by atoms with Crippen LogP contribution in [0, 0.1) is 6.92 Å². The minimum atomic E-state index is -0.447. The molecule has 1 atom stereocenters. The third kappa shape index (κ3) is 3.72. The molecule has 2 aromatic rings. The number of nitrogens with one attached hydrogen (secondary N) is 1. The van der Waals surface area contributed by atoms with Crippen LogP contribution in [0.2, 0.25) is 0 Å². The van der Waals surface area contributed by atoms with E-state index in [2.05, 4.69) is 30.2 Å². The molecule has 4 heteroatoms. The number of hydrogen-bond donors (Lipinski definition) is 3. The number of aryl methyl sites for hydroxylation is 1. The normalized spacial score (nSPS) is 13.1. The van der Waals surface area contributed by atoms with Crippen molar-refractivity contribution in [3.63, 3.8) is 0 Å². The maximum atomic E-state index is 9.87. The number of nitrogens with two attached hydrogens (primary N) is 1. The van der Waals surface area contributed by atoms with Gasteiger partial charge in [-0.25, -0.2) is 0 Å². The van der Waals surface area contributed by atoms with Gasteiger partial charge >= 0.3 is 0 Å². The van der Waals surface area contributed by atoms with E-state index in [4.69, 9.17) is 4.74 Å². The summed E-state index contributed by atoms with van der Waals surface area (Å²) in [6, 6.07) is 8.48. The Morgan fingerprint density at radius 3 is 2.89 bits per heavy atom. The molecular weight excluding hydrogens is 240 g/mol. The molecule has 0 spiro atoms. The van der Waals surface area contributed by atoms with E-state index in [9.17, 15) is 5.11 Å². The lowest BCUT2D eigenvalue weighted by Gasteiger charge is -2.13. The summed E-state index contributed by atoms with van der Waals surface area (Å²) in [6.45, 7) is 7.23. The molecule has 104 valence electrons. The summed E-state index contributed by atoms with van der Waals surface area (Å²) in [4.78, 5) is 3.28. The number of aromatic nitrogens is 1. The van der Waals surface area contributed by atoms with Crippen molar-refractivity contribution in [2.75, 3.05) is 13.2 Å². The number of H-pyrrole nitrogens is 1. The first-order valence-corrected chi connectivity index (χ1v) is 6.79. The molecule has 0 aliphatic heterocycles. The second-order valence-corrected chi connectivity index (χ2v) is 5.35. The van der Waals surface area contributed by atoms with Gasteiger partial charge in [-0.3, -0.25) is 0 Å². The van der Waals surface area contributed by atoms with Crippen LogP contribution in [0.4, 0.5) is 0 Å². The highest BCUT2D eigenvalue weighted by atomic mass is 16.5. The van der Waals surface area contributed by atoms with Crippen LogP contribution in [0.1, 0.15) is 19.5 Å². The molecule has 0 bridgehead atoms. The molecule has 0 unspecified atom stereocenters. The molecular formula is C15H23N2O2+. The zero-order chi connectivity index (χ0) is 13.8. The van der Waals surface area contributed by atoms with E-state index in [0.717, 1.165) is 22.3 Å². The second-order valence-electron chi connectivity index (χ2n) is 5.35. The van der Waals surface area contributed by atoms with Crippen LogP contribution >= 0.6 is 0 Å². The van der Waals surface area contributed by atoms with E-state index in [1.807, 2.05) is 25.1 Å². The number of hydrogen-bond acceptors (Lipinski definition) is 2. The van der Waals surface area contributed by atoms with Gasteiger partial charge in [0.1, 0.15) is 25.0 Å². The lowest BCUT2D eigenvalue weighted by atomic mass is 10.2. The van der Waals surface area contributed by atoms with Crippen LogP contribution in [0.3, 0.4) is 0 Å². The van der Waals surface area contributed by atoms with Crippen LogP contribution in [0.25, 0.3) is 10.9 Å². The number of aliphatic hydroxyl groups excluding tert-OH is 1. The van der Waals surface area contributed by atoms with Gasteiger partial charge in [-0.2, -0.15) is 0 Å². The first-order chi connectivity index (χ1) is 9.06. The average molecular weight is 263 g/mol. The Kier molecular flexibility index (Phi) is 4.45. The Labute approximate surface area is 113 Å². The highest BCUT2D eigenvalue weighted by Gasteiger charge is 2.10. The lowest BCUT2D eigenvalue weighted by Crippen LogP contribution is -2.90. The molecule has 2 rings (SSSR count). The second kappa shape index (κ2) is 6.08.